The number of carbonyl (C=O) groups excluding carboxylic acids is 1. The van der Waals surface area contributed by atoms with Crippen molar-refractivity contribution in [1.82, 2.24) is 4.98 Å². The van der Waals surface area contributed by atoms with Crippen molar-refractivity contribution < 1.29 is 13.6 Å². The molecule has 4 N–H and O–H groups in total. The van der Waals surface area contributed by atoms with Gasteiger partial charge in [0.15, 0.2) is 11.5 Å². The van der Waals surface area contributed by atoms with E-state index in [1.165, 1.54) is 30.9 Å². The minimum Gasteiger partial charge on any atom is -0.472 e. The minimum atomic E-state index is -0.866. The molecule has 1 amide bonds. The number of halogens is 1. The molecule has 3 aromatic rings. The lowest BCUT2D eigenvalue weighted by Gasteiger charge is -2.10. The lowest BCUT2D eigenvalue weighted by molar-refractivity contribution is 0.101. The SMILES string of the molecule is C#Cc1ccnc(C(=O)Nc2ccc(N)c(C(=N)c3ccoc3)c2)c1F. The molecule has 6 nitrogen and oxygen atoms in total. The van der Waals surface area contributed by atoms with Gasteiger partial charge in [0, 0.05) is 28.7 Å². The first-order chi connectivity index (χ1) is 12.5. The molecule has 7 heteroatoms. The second-order valence-electron chi connectivity index (χ2n) is 5.31. The second kappa shape index (κ2) is 6.91. The summed E-state index contributed by atoms with van der Waals surface area (Å²) < 4.78 is 19.1. The highest BCUT2D eigenvalue weighted by atomic mass is 19.1. The van der Waals surface area contributed by atoms with Gasteiger partial charge in [-0.3, -0.25) is 10.2 Å². The summed E-state index contributed by atoms with van der Waals surface area (Å²) in [5.41, 5.74) is 7.21. The van der Waals surface area contributed by atoms with Crippen LogP contribution in [0.1, 0.15) is 27.2 Å². The number of nitrogens with one attached hydrogen (secondary N) is 2. The van der Waals surface area contributed by atoms with Gasteiger partial charge in [-0.1, -0.05) is 5.92 Å². The highest BCUT2D eigenvalue weighted by molar-refractivity contribution is 6.14. The molecule has 0 unspecified atom stereocenters. The molecule has 0 aliphatic heterocycles. The van der Waals surface area contributed by atoms with Crippen LogP contribution in [-0.2, 0) is 0 Å². The summed E-state index contributed by atoms with van der Waals surface area (Å²) in [4.78, 5) is 16.1. The van der Waals surface area contributed by atoms with Crippen LogP contribution in [0.2, 0.25) is 0 Å². The number of aromatic nitrogens is 1. The molecule has 0 spiro atoms. The smallest absolute Gasteiger partial charge is 0.277 e. The molecule has 2 heterocycles. The van der Waals surface area contributed by atoms with Crippen LogP contribution in [0.25, 0.3) is 0 Å². The number of hydrogen-bond donors (Lipinski definition) is 3. The monoisotopic (exact) mass is 348 g/mol. The fourth-order valence-electron chi connectivity index (χ4n) is 2.32. The van der Waals surface area contributed by atoms with E-state index in [2.05, 4.69) is 16.2 Å². The van der Waals surface area contributed by atoms with Crippen LogP contribution in [0.4, 0.5) is 15.8 Å². The molecule has 0 aliphatic rings. The zero-order valence-corrected chi connectivity index (χ0v) is 13.4. The van der Waals surface area contributed by atoms with E-state index >= 15 is 0 Å². The van der Waals surface area contributed by atoms with Gasteiger partial charge in [0.1, 0.15) is 0 Å². The molecule has 0 bridgehead atoms. The van der Waals surface area contributed by atoms with Gasteiger partial charge in [0.25, 0.3) is 5.91 Å². The van der Waals surface area contributed by atoms with Gasteiger partial charge in [0.2, 0.25) is 0 Å². The Hall–Kier alpha value is -3.92. The van der Waals surface area contributed by atoms with E-state index in [0.717, 1.165) is 0 Å². The standard InChI is InChI=1S/C19H13FN4O2/c1-2-11-5-7-23-18(16(11)20)19(25)24-13-3-4-15(21)14(9-13)17(22)12-6-8-26-10-12/h1,3-10,22H,21H2,(H,24,25). The zero-order chi connectivity index (χ0) is 18.7. The lowest BCUT2D eigenvalue weighted by atomic mass is 10.0. The van der Waals surface area contributed by atoms with Gasteiger partial charge in [-0.2, -0.15) is 0 Å². The van der Waals surface area contributed by atoms with E-state index in [0.29, 0.717) is 22.5 Å². The van der Waals surface area contributed by atoms with Crippen molar-refractivity contribution in [2.75, 3.05) is 11.1 Å². The van der Waals surface area contributed by atoms with Gasteiger partial charge >= 0.3 is 0 Å². The Labute approximate surface area is 148 Å². The molecule has 0 aliphatic carbocycles. The maximum Gasteiger partial charge on any atom is 0.277 e. The first-order valence-electron chi connectivity index (χ1n) is 7.44. The van der Waals surface area contributed by atoms with Crippen LogP contribution < -0.4 is 11.1 Å². The number of benzene rings is 1. The van der Waals surface area contributed by atoms with Crippen LogP contribution in [0.5, 0.6) is 0 Å². The molecular formula is C19H13FN4O2. The molecule has 0 saturated heterocycles. The van der Waals surface area contributed by atoms with Crippen LogP contribution in [0.3, 0.4) is 0 Å². The predicted molar refractivity (Wildman–Crippen MR) is 95.6 cm³/mol. The topological polar surface area (TPSA) is 105 Å². The third-order valence-corrected chi connectivity index (χ3v) is 3.65. The largest absolute Gasteiger partial charge is 0.472 e. The summed E-state index contributed by atoms with van der Waals surface area (Å²) in [5.74, 6) is 0.527. The minimum absolute atomic E-state index is 0.0510. The van der Waals surface area contributed by atoms with Crippen LogP contribution in [0, 0.1) is 23.6 Å². The molecule has 128 valence electrons. The van der Waals surface area contributed by atoms with Crippen molar-refractivity contribution in [1.29, 1.82) is 5.41 Å². The Morgan fingerprint density at radius 2 is 2.15 bits per heavy atom. The first kappa shape index (κ1) is 16.9. The Balaban J connectivity index is 1.90. The van der Waals surface area contributed by atoms with Crippen LogP contribution in [0.15, 0.2) is 53.5 Å². The third-order valence-electron chi connectivity index (χ3n) is 3.65. The highest BCUT2D eigenvalue weighted by Gasteiger charge is 2.17. The van der Waals surface area contributed by atoms with Crippen molar-refractivity contribution in [3.05, 3.63) is 77.3 Å². The normalized spacial score (nSPS) is 10.2. The van der Waals surface area contributed by atoms with Crippen molar-refractivity contribution in [3.63, 3.8) is 0 Å². The molecule has 26 heavy (non-hydrogen) atoms. The van der Waals surface area contributed by atoms with E-state index < -0.39 is 17.4 Å². The molecule has 0 saturated carbocycles. The van der Waals surface area contributed by atoms with Crippen LogP contribution >= 0.6 is 0 Å². The predicted octanol–water partition coefficient (Wildman–Crippen LogP) is 3.05. The number of carbonyl (C=O) groups is 1. The number of anilines is 2. The van der Waals surface area contributed by atoms with Gasteiger partial charge in [-0.25, -0.2) is 9.37 Å². The fourth-order valence-corrected chi connectivity index (χ4v) is 2.32. The average Bonchev–Trinajstić information content (AvgIpc) is 3.17. The summed E-state index contributed by atoms with van der Waals surface area (Å²) >= 11 is 0. The van der Waals surface area contributed by atoms with Crippen molar-refractivity contribution in [2.24, 2.45) is 0 Å². The highest BCUT2D eigenvalue weighted by Crippen LogP contribution is 2.22. The summed E-state index contributed by atoms with van der Waals surface area (Å²) in [5, 5.41) is 10.7. The number of amides is 1. The van der Waals surface area contributed by atoms with Gasteiger partial charge < -0.3 is 15.5 Å². The second-order valence-corrected chi connectivity index (χ2v) is 5.31. The molecule has 0 radical (unpaired) electrons. The number of pyridine rings is 1. The molecule has 0 fully saturated rings. The van der Waals surface area contributed by atoms with E-state index in [9.17, 15) is 9.18 Å². The molecule has 3 rings (SSSR count). The number of rotatable bonds is 4. The molecular weight excluding hydrogens is 335 g/mol. The molecule has 0 atom stereocenters. The zero-order valence-electron chi connectivity index (χ0n) is 13.4. The number of terminal acetylenes is 1. The number of nitrogen functional groups attached to an aromatic ring is 1. The first-order valence-corrected chi connectivity index (χ1v) is 7.44. The van der Waals surface area contributed by atoms with E-state index in [4.69, 9.17) is 22.0 Å². The number of nitrogens with two attached hydrogens (primary N) is 1. The Kier molecular flexibility index (Phi) is 4.50. The fraction of sp³-hybridized carbons (Fsp3) is 0. The van der Waals surface area contributed by atoms with E-state index in [1.807, 2.05) is 0 Å². The van der Waals surface area contributed by atoms with Gasteiger partial charge in [-0.05, 0) is 30.3 Å². The molecule has 1 aromatic carbocycles. The summed E-state index contributed by atoms with van der Waals surface area (Å²) in [6, 6.07) is 7.53. The van der Waals surface area contributed by atoms with Crippen LogP contribution in [-0.4, -0.2) is 16.6 Å². The number of furan rings is 1. The van der Waals surface area contributed by atoms with Crippen molar-refractivity contribution in [2.45, 2.75) is 0 Å². The maximum atomic E-state index is 14.2. The summed E-state index contributed by atoms with van der Waals surface area (Å²) in [7, 11) is 0. The summed E-state index contributed by atoms with van der Waals surface area (Å²) in [6.07, 6.45) is 9.31. The van der Waals surface area contributed by atoms with Crippen molar-refractivity contribution in [3.8, 4) is 12.3 Å². The number of hydrogen-bond acceptors (Lipinski definition) is 5. The Morgan fingerprint density at radius 3 is 2.85 bits per heavy atom. The third kappa shape index (κ3) is 3.16. The van der Waals surface area contributed by atoms with Crippen molar-refractivity contribution >= 4 is 23.0 Å². The summed E-state index contributed by atoms with van der Waals surface area (Å²) in [6.45, 7) is 0. The average molecular weight is 348 g/mol. The maximum absolute atomic E-state index is 14.2. The van der Waals surface area contributed by atoms with E-state index in [1.54, 1.807) is 18.2 Å². The Morgan fingerprint density at radius 1 is 1.35 bits per heavy atom. The quantitative estimate of drug-likeness (QED) is 0.383. The molecule has 2 aromatic heterocycles. The van der Waals surface area contributed by atoms with Gasteiger partial charge in [-0.15, -0.1) is 6.42 Å². The lowest BCUT2D eigenvalue weighted by Crippen LogP contribution is -2.17. The number of nitrogens with zero attached hydrogens (tertiary/aromatic N) is 1. The Bertz CT molecular complexity index is 1040. The van der Waals surface area contributed by atoms with Gasteiger partial charge in [0.05, 0.1) is 23.8 Å². The van der Waals surface area contributed by atoms with E-state index in [-0.39, 0.29) is 11.3 Å².